The molecule has 1 aromatic heterocycles. The number of hydrogen-bond donors (Lipinski definition) is 2. The SMILES string of the molecule is Cc1nc(C)c(CCC(=O)NC2CN(C)Cc3ccccc32)c(=O)[nH]1. The fourth-order valence-corrected chi connectivity index (χ4v) is 3.46. The summed E-state index contributed by atoms with van der Waals surface area (Å²) in [6.45, 7) is 5.24. The summed E-state index contributed by atoms with van der Waals surface area (Å²) in [4.78, 5) is 33.6. The molecule has 0 saturated heterocycles. The van der Waals surface area contributed by atoms with Gasteiger partial charge in [-0.25, -0.2) is 4.98 Å². The molecule has 25 heavy (non-hydrogen) atoms. The normalized spacial score (nSPS) is 17.2. The summed E-state index contributed by atoms with van der Waals surface area (Å²) in [5.74, 6) is 0.548. The number of likely N-dealkylation sites (N-methyl/N-ethyl adjacent to an activating group) is 1. The molecule has 0 saturated carbocycles. The van der Waals surface area contributed by atoms with Crippen LogP contribution in [0.15, 0.2) is 29.1 Å². The van der Waals surface area contributed by atoms with E-state index in [1.807, 2.05) is 19.1 Å². The molecule has 0 aliphatic carbocycles. The van der Waals surface area contributed by atoms with Gasteiger partial charge in [-0.3, -0.25) is 14.5 Å². The minimum absolute atomic E-state index is 0.0158. The molecule has 3 rings (SSSR count). The summed E-state index contributed by atoms with van der Waals surface area (Å²) < 4.78 is 0. The molecule has 6 heteroatoms. The monoisotopic (exact) mass is 340 g/mol. The fraction of sp³-hybridized carbons (Fsp3) is 0.421. The van der Waals surface area contributed by atoms with Crippen LogP contribution in [0.25, 0.3) is 0 Å². The van der Waals surface area contributed by atoms with Crippen LogP contribution in [0, 0.1) is 13.8 Å². The lowest BCUT2D eigenvalue weighted by Gasteiger charge is -2.32. The number of amides is 1. The Balaban J connectivity index is 1.67. The van der Waals surface area contributed by atoms with E-state index < -0.39 is 0 Å². The van der Waals surface area contributed by atoms with E-state index in [2.05, 4.69) is 39.4 Å². The maximum absolute atomic E-state index is 12.4. The highest BCUT2D eigenvalue weighted by atomic mass is 16.1. The van der Waals surface area contributed by atoms with E-state index in [1.165, 1.54) is 11.1 Å². The number of benzene rings is 1. The van der Waals surface area contributed by atoms with Crippen molar-refractivity contribution in [3.8, 4) is 0 Å². The molecule has 132 valence electrons. The summed E-state index contributed by atoms with van der Waals surface area (Å²) >= 11 is 0. The van der Waals surface area contributed by atoms with Gasteiger partial charge in [-0.2, -0.15) is 0 Å². The Labute approximate surface area is 147 Å². The van der Waals surface area contributed by atoms with Gasteiger partial charge in [0.25, 0.3) is 5.56 Å². The molecule has 0 radical (unpaired) electrons. The van der Waals surface area contributed by atoms with Gasteiger partial charge in [0.2, 0.25) is 5.91 Å². The summed E-state index contributed by atoms with van der Waals surface area (Å²) in [6.07, 6.45) is 0.668. The van der Waals surface area contributed by atoms with Crippen LogP contribution in [0.3, 0.4) is 0 Å². The van der Waals surface area contributed by atoms with Gasteiger partial charge in [0.05, 0.1) is 6.04 Å². The third-order valence-electron chi connectivity index (χ3n) is 4.64. The van der Waals surface area contributed by atoms with E-state index in [4.69, 9.17) is 0 Å². The van der Waals surface area contributed by atoms with Gasteiger partial charge in [0, 0.05) is 30.8 Å². The molecular formula is C19H24N4O2. The number of aromatic nitrogens is 2. The number of nitrogens with one attached hydrogen (secondary N) is 2. The topological polar surface area (TPSA) is 78.1 Å². The van der Waals surface area contributed by atoms with Crippen LogP contribution in [-0.4, -0.2) is 34.4 Å². The predicted molar refractivity (Wildman–Crippen MR) is 96.3 cm³/mol. The van der Waals surface area contributed by atoms with Crippen molar-refractivity contribution in [2.24, 2.45) is 0 Å². The first kappa shape index (κ1) is 17.4. The Hall–Kier alpha value is -2.47. The minimum atomic E-state index is -0.152. The van der Waals surface area contributed by atoms with E-state index in [1.54, 1.807) is 6.92 Å². The molecular weight excluding hydrogens is 316 g/mol. The quantitative estimate of drug-likeness (QED) is 0.887. The maximum Gasteiger partial charge on any atom is 0.254 e. The third-order valence-corrected chi connectivity index (χ3v) is 4.64. The van der Waals surface area contributed by atoms with Crippen molar-refractivity contribution < 1.29 is 4.79 Å². The molecule has 1 atom stereocenters. The highest BCUT2D eigenvalue weighted by Gasteiger charge is 2.24. The van der Waals surface area contributed by atoms with Gasteiger partial charge < -0.3 is 10.3 Å². The van der Waals surface area contributed by atoms with Gasteiger partial charge in [-0.05, 0) is 38.4 Å². The first-order valence-electron chi connectivity index (χ1n) is 8.56. The van der Waals surface area contributed by atoms with E-state index >= 15 is 0 Å². The van der Waals surface area contributed by atoms with Crippen LogP contribution >= 0.6 is 0 Å². The molecule has 1 aliphatic rings. The standard InChI is InChI=1S/C19H24N4O2/c1-12-15(19(25)21-13(2)20-12)8-9-18(24)22-17-11-23(3)10-14-6-4-5-7-16(14)17/h4-7,17H,8-11H2,1-3H3,(H,22,24)(H,20,21,25). The Morgan fingerprint density at radius 2 is 2.12 bits per heavy atom. The van der Waals surface area contributed by atoms with Crippen LogP contribution in [0.5, 0.6) is 0 Å². The van der Waals surface area contributed by atoms with E-state index in [0.29, 0.717) is 23.5 Å². The highest BCUT2D eigenvalue weighted by molar-refractivity contribution is 5.76. The van der Waals surface area contributed by atoms with Crippen molar-refractivity contribution in [1.82, 2.24) is 20.2 Å². The number of aryl methyl sites for hydroxylation is 2. The van der Waals surface area contributed by atoms with Crippen LogP contribution in [0.1, 0.15) is 40.7 Å². The van der Waals surface area contributed by atoms with Crippen molar-refractivity contribution in [3.63, 3.8) is 0 Å². The number of rotatable bonds is 4. The molecule has 0 bridgehead atoms. The van der Waals surface area contributed by atoms with Gasteiger partial charge in [-0.15, -0.1) is 0 Å². The third kappa shape index (κ3) is 3.96. The zero-order valence-corrected chi connectivity index (χ0v) is 14.9. The molecule has 0 fully saturated rings. The lowest BCUT2D eigenvalue weighted by Crippen LogP contribution is -2.40. The number of aromatic amines is 1. The van der Waals surface area contributed by atoms with Gasteiger partial charge in [-0.1, -0.05) is 24.3 Å². The summed E-state index contributed by atoms with van der Waals surface area (Å²) in [7, 11) is 2.05. The van der Waals surface area contributed by atoms with Gasteiger partial charge in [0.1, 0.15) is 5.82 Å². The van der Waals surface area contributed by atoms with E-state index in [-0.39, 0.29) is 23.9 Å². The lowest BCUT2D eigenvalue weighted by atomic mass is 9.95. The van der Waals surface area contributed by atoms with E-state index in [0.717, 1.165) is 13.1 Å². The largest absolute Gasteiger partial charge is 0.348 e. The highest BCUT2D eigenvalue weighted by Crippen LogP contribution is 2.25. The number of nitrogens with zero attached hydrogens (tertiary/aromatic N) is 2. The average Bonchev–Trinajstić information content (AvgIpc) is 2.53. The lowest BCUT2D eigenvalue weighted by molar-refractivity contribution is -0.122. The first-order valence-corrected chi connectivity index (χ1v) is 8.56. The molecule has 2 aromatic rings. The zero-order chi connectivity index (χ0) is 18.0. The predicted octanol–water partition coefficient (Wildman–Crippen LogP) is 1.62. The molecule has 6 nitrogen and oxygen atoms in total. The van der Waals surface area contributed by atoms with E-state index in [9.17, 15) is 9.59 Å². The Kier molecular flexibility index (Phi) is 4.99. The molecule has 1 aromatic carbocycles. The summed E-state index contributed by atoms with van der Waals surface area (Å²) in [5.41, 5.74) is 3.55. The van der Waals surface area contributed by atoms with Crippen LogP contribution in [0.4, 0.5) is 0 Å². The first-order chi connectivity index (χ1) is 11.9. The second-order valence-corrected chi connectivity index (χ2v) is 6.73. The van der Waals surface area contributed by atoms with Crippen molar-refractivity contribution in [2.45, 2.75) is 39.3 Å². The zero-order valence-electron chi connectivity index (χ0n) is 14.9. The smallest absolute Gasteiger partial charge is 0.254 e. The maximum atomic E-state index is 12.4. The number of carbonyl (C=O) groups is 1. The van der Waals surface area contributed by atoms with Crippen molar-refractivity contribution in [2.75, 3.05) is 13.6 Å². The van der Waals surface area contributed by atoms with Crippen molar-refractivity contribution >= 4 is 5.91 Å². The molecule has 0 spiro atoms. The fourth-order valence-electron chi connectivity index (χ4n) is 3.46. The molecule has 1 unspecified atom stereocenters. The van der Waals surface area contributed by atoms with Crippen LogP contribution < -0.4 is 10.9 Å². The summed E-state index contributed by atoms with van der Waals surface area (Å²) in [6, 6.07) is 8.19. The Morgan fingerprint density at radius 3 is 2.88 bits per heavy atom. The number of carbonyl (C=O) groups excluding carboxylic acids is 1. The van der Waals surface area contributed by atoms with Gasteiger partial charge in [0.15, 0.2) is 0 Å². The van der Waals surface area contributed by atoms with Crippen molar-refractivity contribution in [1.29, 1.82) is 0 Å². The Morgan fingerprint density at radius 1 is 1.36 bits per heavy atom. The van der Waals surface area contributed by atoms with Gasteiger partial charge >= 0.3 is 0 Å². The van der Waals surface area contributed by atoms with Crippen molar-refractivity contribution in [3.05, 3.63) is 62.8 Å². The number of hydrogen-bond acceptors (Lipinski definition) is 4. The summed E-state index contributed by atoms with van der Waals surface area (Å²) in [5, 5.41) is 3.11. The minimum Gasteiger partial charge on any atom is -0.348 e. The Bertz CT molecular complexity index is 844. The average molecular weight is 340 g/mol. The molecule has 2 N–H and O–H groups in total. The second-order valence-electron chi connectivity index (χ2n) is 6.73. The van der Waals surface area contributed by atoms with Crippen LogP contribution in [-0.2, 0) is 17.8 Å². The van der Waals surface area contributed by atoms with Crippen LogP contribution in [0.2, 0.25) is 0 Å². The molecule has 1 amide bonds. The molecule has 1 aliphatic heterocycles. The number of fused-ring (bicyclic) bond motifs is 1. The second kappa shape index (κ2) is 7.19. The molecule has 2 heterocycles. The number of H-pyrrole nitrogens is 1.